The molecule has 4 nitrogen and oxygen atoms in total. The normalized spacial score (nSPS) is 9.36. The first-order chi connectivity index (χ1) is 10.5. The lowest BCUT2D eigenvalue weighted by Crippen LogP contribution is -1.87. The SMILES string of the molecule is COc1cc(C)cc(OC)c1.COc1ccc(OC)c(Cl)c1. The minimum absolute atomic E-state index is 0.562. The van der Waals surface area contributed by atoms with Crippen LogP contribution in [0, 0.1) is 6.92 Å². The molecule has 0 radical (unpaired) electrons. The Morgan fingerprint density at radius 2 is 1.23 bits per heavy atom. The van der Waals surface area contributed by atoms with Crippen molar-refractivity contribution in [3.63, 3.8) is 0 Å². The molecule has 120 valence electrons. The molecule has 2 aromatic carbocycles. The summed E-state index contributed by atoms with van der Waals surface area (Å²) in [6, 6.07) is 11.0. The number of ether oxygens (including phenoxy) is 4. The van der Waals surface area contributed by atoms with Crippen molar-refractivity contribution in [1.29, 1.82) is 0 Å². The first-order valence-corrected chi connectivity index (χ1v) is 6.99. The van der Waals surface area contributed by atoms with Crippen molar-refractivity contribution >= 4 is 11.6 Å². The maximum absolute atomic E-state index is 5.80. The molecular formula is C17H21ClO4. The van der Waals surface area contributed by atoms with E-state index in [1.54, 1.807) is 46.6 Å². The average molecular weight is 325 g/mol. The van der Waals surface area contributed by atoms with Gasteiger partial charge in [0.25, 0.3) is 0 Å². The van der Waals surface area contributed by atoms with Gasteiger partial charge in [0.15, 0.2) is 0 Å². The van der Waals surface area contributed by atoms with Gasteiger partial charge in [-0.2, -0.15) is 0 Å². The van der Waals surface area contributed by atoms with Crippen LogP contribution in [0.25, 0.3) is 0 Å². The van der Waals surface area contributed by atoms with Gasteiger partial charge >= 0.3 is 0 Å². The summed E-state index contributed by atoms with van der Waals surface area (Å²) >= 11 is 5.80. The number of halogens is 1. The van der Waals surface area contributed by atoms with Crippen molar-refractivity contribution in [3.8, 4) is 23.0 Å². The summed E-state index contributed by atoms with van der Waals surface area (Å²) in [7, 11) is 6.47. The number of benzene rings is 2. The fourth-order valence-electron chi connectivity index (χ4n) is 1.72. The van der Waals surface area contributed by atoms with Gasteiger partial charge in [-0.15, -0.1) is 0 Å². The predicted octanol–water partition coefficient (Wildman–Crippen LogP) is 4.37. The van der Waals surface area contributed by atoms with Crippen LogP contribution in [-0.2, 0) is 0 Å². The maximum Gasteiger partial charge on any atom is 0.137 e. The van der Waals surface area contributed by atoms with E-state index in [1.807, 2.05) is 25.1 Å². The molecule has 0 heterocycles. The van der Waals surface area contributed by atoms with Gasteiger partial charge in [0.1, 0.15) is 23.0 Å². The molecule has 22 heavy (non-hydrogen) atoms. The minimum Gasteiger partial charge on any atom is -0.497 e. The van der Waals surface area contributed by atoms with Crippen molar-refractivity contribution in [3.05, 3.63) is 47.0 Å². The highest BCUT2D eigenvalue weighted by atomic mass is 35.5. The highest BCUT2D eigenvalue weighted by Gasteiger charge is 2.00. The lowest BCUT2D eigenvalue weighted by molar-refractivity contribution is 0.394. The third-order valence-electron chi connectivity index (χ3n) is 2.85. The van der Waals surface area contributed by atoms with E-state index in [1.165, 1.54) is 0 Å². The lowest BCUT2D eigenvalue weighted by atomic mass is 10.2. The number of methoxy groups -OCH3 is 4. The molecule has 0 N–H and O–H groups in total. The van der Waals surface area contributed by atoms with Crippen LogP contribution >= 0.6 is 11.6 Å². The van der Waals surface area contributed by atoms with Crippen LogP contribution in [0.1, 0.15) is 5.56 Å². The van der Waals surface area contributed by atoms with E-state index < -0.39 is 0 Å². The maximum atomic E-state index is 5.80. The third-order valence-corrected chi connectivity index (χ3v) is 3.15. The number of hydrogen-bond donors (Lipinski definition) is 0. The van der Waals surface area contributed by atoms with Crippen LogP contribution in [0.4, 0.5) is 0 Å². The van der Waals surface area contributed by atoms with Gasteiger partial charge in [-0.25, -0.2) is 0 Å². The largest absolute Gasteiger partial charge is 0.497 e. The van der Waals surface area contributed by atoms with Crippen LogP contribution in [0.3, 0.4) is 0 Å². The molecule has 5 heteroatoms. The third kappa shape index (κ3) is 5.37. The van der Waals surface area contributed by atoms with Crippen molar-refractivity contribution in [2.24, 2.45) is 0 Å². The Balaban J connectivity index is 0.000000220. The Labute approximate surface area is 136 Å². The Morgan fingerprint density at radius 1 is 0.682 bits per heavy atom. The molecule has 0 aliphatic rings. The predicted molar refractivity (Wildman–Crippen MR) is 88.8 cm³/mol. The Hall–Kier alpha value is -2.07. The van der Waals surface area contributed by atoms with Crippen molar-refractivity contribution in [2.75, 3.05) is 28.4 Å². The van der Waals surface area contributed by atoms with Crippen LogP contribution in [-0.4, -0.2) is 28.4 Å². The molecule has 0 spiro atoms. The Morgan fingerprint density at radius 3 is 1.64 bits per heavy atom. The van der Waals surface area contributed by atoms with E-state index in [9.17, 15) is 0 Å². The topological polar surface area (TPSA) is 36.9 Å². The zero-order valence-corrected chi connectivity index (χ0v) is 14.2. The Bertz CT molecular complexity index is 577. The summed E-state index contributed by atoms with van der Waals surface area (Å²) in [5.41, 5.74) is 1.14. The van der Waals surface area contributed by atoms with Gasteiger partial charge in [0.2, 0.25) is 0 Å². The van der Waals surface area contributed by atoms with Gasteiger partial charge in [-0.3, -0.25) is 0 Å². The van der Waals surface area contributed by atoms with E-state index in [0.29, 0.717) is 10.8 Å². The van der Waals surface area contributed by atoms with Gasteiger partial charge in [0, 0.05) is 12.1 Å². The summed E-state index contributed by atoms with van der Waals surface area (Å²) in [5.74, 6) is 3.06. The van der Waals surface area contributed by atoms with Gasteiger partial charge < -0.3 is 18.9 Å². The van der Waals surface area contributed by atoms with Crippen LogP contribution in [0.15, 0.2) is 36.4 Å². The molecule has 0 fully saturated rings. The minimum atomic E-state index is 0.562. The van der Waals surface area contributed by atoms with Crippen molar-refractivity contribution < 1.29 is 18.9 Å². The summed E-state index contributed by atoms with van der Waals surface area (Å²) < 4.78 is 20.0. The number of rotatable bonds is 4. The van der Waals surface area contributed by atoms with Crippen molar-refractivity contribution in [2.45, 2.75) is 6.92 Å². The smallest absolute Gasteiger partial charge is 0.137 e. The molecule has 0 unspecified atom stereocenters. The average Bonchev–Trinajstić information content (AvgIpc) is 2.54. The second-order valence-electron chi connectivity index (χ2n) is 4.39. The molecule has 2 rings (SSSR count). The van der Waals surface area contributed by atoms with Crippen LogP contribution in [0.5, 0.6) is 23.0 Å². The van der Waals surface area contributed by atoms with Crippen molar-refractivity contribution in [1.82, 2.24) is 0 Å². The summed E-state index contributed by atoms with van der Waals surface area (Å²) in [6.45, 7) is 2.00. The summed E-state index contributed by atoms with van der Waals surface area (Å²) in [5, 5.41) is 0.562. The zero-order chi connectivity index (χ0) is 16.5. The van der Waals surface area contributed by atoms with Gasteiger partial charge in [0.05, 0.1) is 33.5 Å². The molecule has 0 bridgehead atoms. The first-order valence-electron chi connectivity index (χ1n) is 6.61. The summed E-state index contributed by atoms with van der Waals surface area (Å²) in [6.07, 6.45) is 0. The van der Waals surface area contributed by atoms with E-state index in [2.05, 4.69) is 0 Å². The van der Waals surface area contributed by atoms with Gasteiger partial charge in [-0.05, 0) is 36.8 Å². The van der Waals surface area contributed by atoms with E-state index >= 15 is 0 Å². The summed E-state index contributed by atoms with van der Waals surface area (Å²) in [4.78, 5) is 0. The standard InChI is InChI=1S/C9H12O2.C8H9ClO2/c1-7-4-8(10-2)6-9(5-7)11-3;1-10-6-3-4-8(11-2)7(9)5-6/h4-6H,1-3H3;3-5H,1-2H3. The molecule has 2 aromatic rings. The molecule has 0 saturated carbocycles. The highest BCUT2D eigenvalue weighted by molar-refractivity contribution is 6.32. The Kier molecular flexibility index (Phi) is 7.40. The second kappa shape index (κ2) is 9.05. The van der Waals surface area contributed by atoms with Crippen LogP contribution < -0.4 is 18.9 Å². The monoisotopic (exact) mass is 324 g/mol. The van der Waals surface area contributed by atoms with Crippen LogP contribution in [0.2, 0.25) is 5.02 Å². The first kappa shape index (κ1) is 18.0. The molecule has 0 saturated heterocycles. The second-order valence-corrected chi connectivity index (χ2v) is 4.80. The zero-order valence-electron chi connectivity index (χ0n) is 13.5. The van der Waals surface area contributed by atoms with E-state index in [0.717, 1.165) is 22.8 Å². The van der Waals surface area contributed by atoms with E-state index in [-0.39, 0.29) is 0 Å². The number of aryl methyl sites for hydroxylation is 1. The van der Waals surface area contributed by atoms with E-state index in [4.69, 9.17) is 30.5 Å². The quantitative estimate of drug-likeness (QED) is 0.837. The van der Waals surface area contributed by atoms with Gasteiger partial charge in [-0.1, -0.05) is 11.6 Å². The molecule has 0 atom stereocenters. The highest BCUT2D eigenvalue weighted by Crippen LogP contribution is 2.27. The molecule has 0 aliphatic heterocycles. The molecule has 0 aliphatic carbocycles. The fourth-order valence-corrected chi connectivity index (χ4v) is 1.97. The lowest BCUT2D eigenvalue weighted by Gasteiger charge is -2.04. The fraction of sp³-hybridized carbons (Fsp3) is 0.294. The number of hydrogen-bond acceptors (Lipinski definition) is 4. The molecule has 0 aromatic heterocycles. The molecular weight excluding hydrogens is 304 g/mol. The molecule has 0 amide bonds.